The molecule has 8 heteroatoms. The van der Waals surface area contributed by atoms with Crippen molar-refractivity contribution in [3.8, 4) is 11.5 Å². The molecule has 2 aromatic carbocycles. The van der Waals surface area contributed by atoms with Crippen molar-refractivity contribution in [3.63, 3.8) is 0 Å². The van der Waals surface area contributed by atoms with Crippen LogP contribution in [0.25, 0.3) is 0 Å². The van der Waals surface area contributed by atoms with Crippen molar-refractivity contribution in [2.75, 3.05) is 13.7 Å². The zero-order valence-electron chi connectivity index (χ0n) is 11.9. The van der Waals surface area contributed by atoms with Gasteiger partial charge in [-0.15, -0.1) is 0 Å². The maximum Gasteiger partial charge on any atom is 0.314 e. The summed E-state index contributed by atoms with van der Waals surface area (Å²) < 4.78 is 10.2. The molecule has 23 heavy (non-hydrogen) atoms. The maximum absolute atomic E-state index is 12.1. The summed E-state index contributed by atoms with van der Waals surface area (Å²) in [6, 6.07) is 8.52. The SMILES string of the molecule is COc1ccc(OCC(=O)c2ccc(Cl)cc2Cl)c([N+](=O)[O-])c1. The number of ketones is 1. The van der Waals surface area contributed by atoms with Crippen LogP contribution in [0.4, 0.5) is 5.69 Å². The number of nitrogens with zero attached hydrogens (tertiary/aromatic N) is 1. The number of benzene rings is 2. The van der Waals surface area contributed by atoms with Crippen LogP contribution in [0.5, 0.6) is 11.5 Å². The Labute approximate surface area is 141 Å². The molecular weight excluding hydrogens is 345 g/mol. The fraction of sp³-hybridized carbons (Fsp3) is 0.133. The van der Waals surface area contributed by atoms with Gasteiger partial charge in [0, 0.05) is 10.6 Å². The third-order valence-corrected chi connectivity index (χ3v) is 3.50. The largest absolute Gasteiger partial charge is 0.496 e. The molecule has 0 heterocycles. The van der Waals surface area contributed by atoms with Crippen LogP contribution >= 0.6 is 23.2 Å². The first-order valence-electron chi connectivity index (χ1n) is 6.36. The number of methoxy groups -OCH3 is 1. The third-order valence-electron chi connectivity index (χ3n) is 2.95. The molecule has 0 radical (unpaired) electrons. The summed E-state index contributed by atoms with van der Waals surface area (Å²) >= 11 is 11.7. The Balaban J connectivity index is 2.17. The van der Waals surface area contributed by atoms with Gasteiger partial charge in [0.15, 0.2) is 12.4 Å². The van der Waals surface area contributed by atoms with E-state index in [1.165, 1.54) is 43.5 Å². The van der Waals surface area contributed by atoms with E-state index in [4.69, 9.17) is 32.7 Å². The molecule has 0 saturated carbocycles. The Morgan fingerprint density at radius 1 is 1.22 bits per heavy atom. The molecule has 0 aromatic heterocycles. The zero-order chi connectivity index (χ0) is 17.0. The first kappa shape index (κ1) is 17.1. The minimum Gasteiger partial charge on any atom is -0.496 e. The van der Waals surface area contributed by atoms with Crippen LogP contribution in [0.15, 0.2) is 36.4 Å². The molecule has 0 N–H and O–H groups in total. The molecule has 0 aliphatic carbocycles. The quantitative estimate of drug-likeness (QED) is 0.441. The Kier molecular flexibility index (Phi) is 5.41. The summed E-state index contributed by atoms with van der Waals surface area (Å²) in [6.07, 6.45) is 0. The number of Topliss-reactive ketones (excluding diaryl/α,β-unsaturated/α-hetero) is 1. The predicted molar refractivity (Wildman–Crippen MR) is 85.9 cm³/mol. The molecule has 0 fully saturated rings. The van der Waals surface area contributed by atoms with Gasteiger partial charge in [-0.3, -0.25) is 14.9 Å². The van der Waals surface area contributed by atoms with E-state index in [-0.39, 0.29) is 22.0 Å². The monoisotopic (exact) mass is 355 g/mol. The van der Waals surface area contributed by atoms with Crippen LogP contribution in [0.3, 0.4) is 0 Å². The Morgan fingerprint density at radius 2 is 1.96 bits per heavy atom. The van der Waals surface area contributed by atoms with Crippen LogP contribution in [-0.2, 0) is 0 Å². The van der Waals surface area contributed by atoms with Crippen LogP contribution in [0.1, 0.15) is 10.4 Å². The van der Waals surface area contributed by atoms with E-state index in [2.05, 4.69) is 0 Å². The third kappa shape index (κ3) is 4.12. The van der Waals surface area contributed by atoms with Crippen molar-refractivity contribution >= 4 is 34.7 Å². The fourth-order valence-corrected chi connectivity index (χ4v) is 2.34. The summed E-state index contributed by atoms with van der Waals surface area (Å²) in [4.78, 5) is 22.5. The minimum atomic E-state index is -0.613. The Hall–Kier alpha value is -2.31. The van der Waals surface area contributed by atoms with Crippen molar-refractivity contribution in [1.29, 1.82) is 0 Å². The van der Waals surface area contributed by atoms with Gasteiger partial charge in [-0.2, -0.15) is 0 Å². The lowest BCUT2D eigenvalue weighted by Crippen LogP contribution is -2.12. The minimum absolute atomic E-state index is 0.0331. The molecule has 0 unspecified atom stereocenters. The number of halogens is 2. The molecule has 0 bridgehead atoms. The van der Waals surface area contributed by atoms with Gasteiger partial charge in [0.05, 0.1) is 23.1 Å². The lowest BCUT2D eigenvalue weighted by molar-refractivity contribution is -0.385. The van der Waals surface area contributed by atoms with Crippen molar-refractivity contribution in [2.24, 2.45) is 0 Å². The predicted octanol–water partition coefficient (Wildman–Crippen LogP) is 4.17. The average Bonchev–Trinajstić information content (AvgIpc) is 2.52. The smallest absolute Gasteiger partial charge is 0.314 e. The molecule has 0 saturated heterocycles. The summed E-state index contributed by atoms with van der Waals surface area (Å²) in [7, 11) is 1.39. The molecule has 0 aliphatic rings. The lowest BCUT2D eigenvalue weighted by atomic mass is 10.1. The van der Waals surface area contributed by atoms with Crippen LogP contribution in [0, 0.1) is 10.1 Å². The lowest BCUT2D eigenvalue weighted by Gasteiger charge is -2.08. The van der Waals surface area contributed by atoms with Crippen molar-refractivity contribution in [2.45, 2.75) is 0 Å². The number of carbonyl (C=O) groups excluding carboxylic acids is 1. The first-order valence-corrected chi connectivity index (χ1v) is 7.11. The highest BCUT2D eigenvalue weighted by atomic mass is 35.5. The maximum atomic E-state index is 12.1. The number of rotatable bonds is 6. The van der Waals surface area contributed by atoms with Crippen molar-refractivity contribution < 1.29 is 19.2 Å². The molecule has 0 spiro atoms. The molecule has 0 aliphatic heterocycles. The number of nitro groups is 1. The Bertz CT molecular complexity index is 764. The molecule has 0 amide bonds. The number of carbonyl (C=O) groups is 1. The second-order valence-electron chi connectivity index (χ2n) is 4.43. The first-order chi connectivity index (χ1) is 10.9. The van der Waals surface area contributed by atoms with Gasteiger partial charge in [0.2, 0.25) is 5.78 Å². The van der Waals surface area contributed by atoms with Crippen LogP contribution < -0.4 is 9.47 Å². The molecular formula is C15H11Cl2NO5. The summed E-state index contributed by atoms with van der Waals surface area (Å²) in [5.74, 6) is -0.137. The van der Waals surface area contributed by atoms with E-state index >= 15 is 0 Å². The average molecular weight is 356 g/mol. The van der Waals surface area contributed by atoms with Gasteiger partial charge in [-0.05, 0) is 30.3 Å². The summed E-state index contributed by atoms with van der Waals surface area (Å²) in [5, 5.41) is 11.6. The standard InChI is InChI=1S/C15H11Cl2NO5/c1-22-10-3-5-15(13(7-10)18(20)21)23-8-14(19)11-4-2-9(16)6-12(11)17/h2-7H,8H2,1H3. The topological polar surface area (TPSA) is 78.7 Å². The van der Waals surface area contributed by atoms with E-state index in [0.717, 1.165) is 0 Å². The fourth-order valence-electron chi connectivity index (χ4n) is 1.83. The zero-order valence-corrected chi connectivity index (χ0v) is 13.4. The van der Waals surface area contributed by atoms with Gasteiger partial charge in [0.25, 0.3) is 0 Å². The van der Waals surface area contributed by atoms with Gasteiger partial charge in [0.1, 0.15) is 5.75 Å². The van der Waals surface area contributed by atoms with E-state index < -0.39 is 17.3 Å². The molecule has 2 rings (SSSR count). The Morgan fingerprint density at radius 3 is 2.57 bits per heavy atom. The molecule has 6 nitrogen and oxygen atoms in total. The highest BCUT2D eigenvalue weighted by molar-refractivity contribution is 6.36. The molecule has 2 aromatic rings. The highest BCUT2D eigenvalue weighted by Crippen LogP contribution is 2.31. The van der Waals surface area contributed by atoms with Crippen LogP contribution in [0.2, 0.25) is 10.0 Å². The van der Waals surface area contributed by atoms with E-state index in [1.807, 2.05) is 0 Å². The normalized spacial score (nSPS) is 10.2. The number of hydrogen-bond donors (Lipinski definition) is 0. The van der Waals surface area contributed by atoms with Gasteiger partial charge in [-0.1, -0.05) is 23.2 Å². The molecule has 120 valence electrons. The summed E-state index contributed by atoms with van der Waals surface area (Å²) in [6.45, 7) is -0.394. The number of hydrogen-bond acceptors (Lipinski definition) is 5. The van der Waals surface area contributed by atoms with Crippen molar-refractivity contribution in [1.82, 2.24) is 0 Å². The van der Waals surface area contributed by atoms with Crippen LogP contribution in [-0.4, -0.2) is 24.4 Å². The van der Waals surface area contributed by atoms with Crippen molar-refractivity contribution in [3.05, 3.63) is 62.1 Å². The van der Waals surface area contributed by atoms with E-state index in [1.54, 1.807) is 0 Å². The van der Waals surface area contributed by atoms with Gasteiger partial charge >= 0.3 is 5.69 Å². The van der Waals surface area contributed by atoms with E-state index in [0.29, 0.717) is 10.8 Å². The second-order valence-corrected chi connectivity index (χ2v) is 5.27. The number of ether oxygens (including phenoxy) is 2. The summed E-state index contributed by atoms with van der Waals surface area (Å²) in [5.41, 5.74) is -0.0633. The highest BCUT2D eigenvalue weighted by Gasteiger charge is 2.19. The van der Waals surface area contributed by atoms with E-state index in [9.17, 15) is 14.9 Å². The van der Waals surface area contributed by atoms with Gasteiger partial charge in [-0.25, -0.2) is 0 Å². The number of nitro benzene ring substituents is 1. The second kappa shape index (κ2) is 7.30. The molecule has 0 atom stereocenters. The van der Waals surface area contributed by atoms with Gasteiger partial charge < -0.3 is 9.47 Å².